The molecule has 1 aliphatic carbocycles. The predicted octanol–water partition coefficient (Wildman–Crippen LogP) is 1.87. The lowest BCUT2D eigenvalue weighted by atomic mass is 10.0. The van der Waals surface area contributed by atoms with Crippen molar-refractivity contribution in [1.29, 1.82) is 0 Å². The van der Waals surface area contributed by atoms with E-state index in [0.717, 1.165) is 18.4 Å². The van der Waals surface area contributed by atoms with Crippen LogP contribution in [0.5, 0.6) is 0 Å². The molecular formula is C13H13NO. The molecule has 2 rings (SSSR count). The number of aryl methyl sites for hydroxylation is 1. The van der Waals surface area contributed by atoms with Crippen LogP contribution in [-0.2, 0) is 0 Å². The van der Waals surface area contributed by atoms with Crippen molar-refractivity contribution in [2.24, 2.45) is 0 Å². The molecular weight excluding hydrogens is 186 g/mol. The number of carbonyl (C=O) groups excluding carboxylic acids is 1. The lowest BCUT2D eigenvalue weighted by molar-refractivity contribution is 0.0951. The normalized spacial score (nSPS) is 14.4. The van der Waals surface area contributed by atoms with Crippen LogP contribution in [0, 0.1) is 19.3 Å². The number of nitrogens with one attached hydrogen (secondary N) is 1. The molecule has 0 atom stereocenters. The summed E-state index contributed by atoms with van der Waals surface area (Å²) in [5, 5.41) is 2.94. The minimum atomic E-state index is -0.0471. The summed E-state index contributed by atoms with van der Waals surface area (Å²) in [6, 6.07) is 5.92. The van der Waals surface area contributed by atoms with Crippen LogP contribution in [0.15, 0.2) is 18.2 Å². The van der Waals surface area contributed by atoms with Gasteiger partial charge in [0.05, 0.1) is 5.56 Å². The highest BCUT2D eigenvalue weighted by atomic mass is 16.1. The molecule has 1 aromatic rings. The van der Waals surface area contributed by atoms with Crippen molar-refractivity contribution >= 4 is 5.91 Å². The van der Waals surface area contributed by atoms with E-state index in [0.29, 0.717) is 17.2 Å². The second-order valence-corrected chi connectivity index (χ2v) is 3.89. The van der Waals surface area contributed by atoms with Gasteiger partial charge in [0.1, 0.15) is 0 Å². The van der Waals surface area contributed by atoms with Gasteiger partial charge in [-0.1, -0.05) is 18.1 Å². The third kappa shape index (κ3) is 2.02. The number of benzene rings is 1. The molecule has 1 aromatic carbocycles. The third-order valence-corrected chi connectivity index (χ3v) is 2.57. The average molecular weight is 199 g/mol. The van der Waals surface area contributed by atoms with Gasteiger partial charge >= 0.3 is 0 Å². The zero-order valence-electron chi connectivity index (χ0n) is 8.71. The van der Waals surface area contributed by atoms with Crippen LogP contribution in [-0.4, -0.2) is 11.9 Å². The lowest BCUT2D eigenvalue weighted by Crippen LogP contribution is -2.26. The van der Waals surface area contributed by atoms with Crippen molar-refractivity contribution in [1.82, 2.24) is 5.32 Å². The van der Waals surface area contributed by atoms with Gasteiger partial charge < -0.3 is 5.32 Å². The Labute approximate surface area is 89.7 Å². The molecule has 1 amide bonds. The third-order valence-electron chi connectivity index (χ3n) is 2.57. The van der Waals surface area contributed by atoms with Crippen molar-refractivity contribution in [3.05, 3.63) is 34.9 Å². The standard InChI is InChI=1S/C13H13NO/c1-3-11-9(2)5-4-6-12(11)13(15)14-10-7-8-10/h1,4-6,10H,7-8H2,2H3,(H,14,15). The maximum absolute atomic E-state index is 11.8. The van der Waals surface area contributed by atoms with Crippen molar-refractivity contribution in [3.8, 4) is 12.3 Å². The van der Waals surface area contributed by atoms with E-state index in [1.165, 1.54) is 0 Å². The summed E-state index contributed by atoms with van der Waals surface area (Å²) in [6.07, 6.45) is 7.58. The van der Waals surface area contributed by atoms with Gasteiger partial charge in [-0.05, 0) is 31.4 Å². The predicted molar refractivity (Wildman–Crippen MR) is 59.6 cm³/mol. The van der Waals surface area contributed by atoms with E-state index in [2.05, 4.69) is 11.2 Å². The molecule has 2 nitrogen and oxygen atoms in total. The van der Waals surface area contributed by atoms with Gasteiger partial charge in [-0.15, -0.1) is 6.42 Å². The Kier molecular flexibility index (Phi) is 2.47. The van der Waals surface area contributed by atoms with Crippen LogP contribution in [0.3, 0.4) is 0 Å². The number of carbonyl (C=O) groups is 1. The van der Waals surface area contributed by atoms with Crippen LogP contribution in [0.2, 0.25) is 0 Å². The van der Waals surface area contributed by atoms with Gasteiger partial charge in [0.25, 0.3) is 5.91 Å². The summed E-state index contributed by atoms with van der Waals surface area (Å²) in [4.78, 5) is 11.8. The molecule has 2 heteroatoms. The van der Waals surface area contributed by atoms with Crippen LogP contribution in [0.25, 0.3) is 0 Å². The first-order valence-electron chi connectivity index (χ1n) is 5.09. The second-order valence-electron chi connectivity index (χ2n) is 3.89. The second kappa shape index (κ2) is 3.78. The highest BCUT2D eigenvalue weighted by Crippen LogP contribution is 2.20. The fourth-order valence-corrected chi connectivity index (χ4v) is 1.54. The summed E-state index contributed by atoms with van der Waals surface area (Å²) in [7, 11) is 0. The van der Waals surface area contributed by atoms with Crippen LogP contribution in [0.4, 0.5) is 0 Å². The van der Waals surface area contributed by atoms with Gasteiger partial charge in [0.2, 0.25) is 0 Å². The average Bonchev–Trinajstić information content (AvgIpc) is 3.01. The molecule has 0 aromatic heterocycles. The molecule has 0 aliphatic heterocycles. The zero-order valence-corrected chi connectivity index (χ0v) is 8.71. The van der Waals surface area contributed by atoms with Gasteiger partial charge in [0.15, 0.2) is 0 Å². The first kappa shape index (κ1) is 9.79. The van der Waals surface area contributed by atoms with E-state index in [9.17, 15) is 4.79 Å². The van der Waals surface area contributed by atoms with E-state index in [4.69, 9.17) is 6.42 Å². The summed E-state index contributed by atoms with van der Waals surface area (Å²) in [6.45, 7) is 1.92. The highest BCUT2D eigenvalue weighted by Gasteiger charge is 2.24. The molecule has 0 saturated heterocycles. The molecule has 0 radical (unpaired) electrons. The van der Waals surface area contributed by atoms with Gasteiger partial charge in [0, 0.05) is 11.6 Å². The Morgan fingerprint density at radius 3 is 2.87 bits per heavy atom. The molecule has 0 heterocycles. The highest BCUT2D eigenvalue weighted by molar-refractivity contribution is 5.97. The van der Waals surface area contributed by atoms with E-state index in [1.807, 2.05) is 19.1 Å². The Morgan fingerprint density at radius 1 is 1.53 bits per heavy atom. The number of rotatable bonds is 2. The number of amides is 1. The molecule has 0 spiro atoms. The lowest BCUT2D eigenvalue weighted by Gasteiger charge is -2.07. The fraction of sp³-hybridized carbons (Fsp3) is 0.308. The molecule has 76 valence electrons. The first-order chi connectivity index (χ1) is 7.22. The Hall–Kier alpha value is -1.75. The van der Waals surface area contributed by atoms with Gasteiger partial charge in [-0.25, -0.2) is 0 Å². The molecule has 1 N–H and O–H groups in total. The SMILES string of the molecule is C#Cc1c(C)cccc1C(=O)NC1CC1. The van der Waals surface area contributed by atoms with E-state index >= 15 is 0 Å². The fourth-order valence-electron chi connectivity index (χ4n) is 1.54. The van der Waals surface area contributed by atoms with Crippen LogP contribution < -0.4 is 5.32 Å². The Balaban J connectivity index is 2.30. The maximum atomic E-state index is 11.8. The van der Waals surface area contributed by atoms with Crippen molar-refractivity contribution < 1.29 is 4.79 Å². The topological polar surface area (TPSA) is 29.1 Å². The summed E-state index contributed by atoms with van der Waals surface area (Å²) in [5.74, 6) is 2.53. The Morgan fingerprint density at radius 2 is 2.27 bits per heavy atom. The molecule has 1 fully saturated rings. The van der Waals surface area contributed by atoms with Crippen molar-refractivity contribution in [2.75, 3.05) is 0 Å². The van der Waals surface area contributed by atoms with E-state index in [-0.39, 0.29) is 5.91 Å². The quantitative estimate of drug-likeness (QED) is 0.724. The molecule has 15 heavy (non-hydrogen) atoms. The van der Waals surface area contributed by atoms with E-state index in [1.54, 1.807) is 6.07 Å². The number of terminal acetylenes is 1. The molecule has 1 saturated carbocycles. The first-order valence-corrected chi connectivity index (χ1v) is 5.09. The maximum Gasteiger partial charge on any atom is 0.252 e. The van der Waals surface area contributed by atoms with Gasteiger partial charge in [-0.2, -0.15) is 0 Å². The number of hydrogen-bond acceptors (Lipinski definition) is 1. The summed E-state index contributed by atoms with van der Waals surface area (Å²) in [5.41, 5.74) is 2.29. The van der Waals surface area contributed by atoms with E-state index < -0.39 is 0 Å². The van der Waals surface area contributed by atoms with Crippen molar-refractivity contribution in [3.63, 3.8) is 0 Å². The van der Waals surface area contributed by atoms with Gasteiger partial charge in [-0.3, -0.25) is 4.79 Å². The monoisotopic (exact) mass is 199 g/mol. The minimum absolute atomic E-state index is 0.0471. The van der Waals surface area contributed by atoms with Crippen LogP contribution in [0.1, 0.15) is 34.3 Å². The smallest absolute Gasteiger partial charge is 0.252 e. The minimum Gasteiger partial charge on any atom is -0.349 e. The zero-order chi connectivity index (χ0) is 10.8. The van der Waals surface area contributed by atoms with Crippen molar-refractivity contribution in [2.45, 2.75) is 25.8 Å². The Bertz CT molecular complexity index is 438. The largest absolute Gasteiger partial charge is 0.349 e. The summed E-state index contributed by atoms with van der Waals surface area (Å²) >= 11 is 0. The summed E-state index contributed by atoms with van der Waals surface area (Å²) < 4.78 is 0. The van der Waals surface area contributed by atoms with Crippen LogP contribution >= 0.6 is 0 Å². The molecule has 1 aliphatic rings. The molecule has 0 unspecified atom stereocenters. The number of hydrogen-bond donors (Lipinski definition) is 1. The molecule has 0 bridgehead atoms.